The molecule has 0 radical (unpaired) electrons. The lowest BCUT2D eigenvalue weighted by Crippen LogP contribution is -2.56. The average molecular weight is 218 g/mol. The second kappa shape index (κ2) is 3.32. The Hall–Kier alpha value is -0.390. The van der Waals surface area contributed by atoms with E-state index in [1.165, 1.54) is 0 Å². The van der Waals surface area contributed by atoms with Crippen LogP contribution in [0.5, 0.6) is 0 Å². The minimum atomic E-state index is -4.41. The summed E-state index contributed by atoms with van der Waals surface area (Å²) in [5, 5.41) is 0. The molecule has 0 aromatic carbocycles. The molecular formula is C8H11F5O. The molecule has 0 N–H and O–H groups in total. The Morgan fingerprint density at radius 2 is 1.71 bits per heavy atom. The van der Waals surface area contributed by atoms with E-state index in [1.807, 2.05) is 0 Å². The maximum atomic E-state index is 13.5. The van der Waals surface area contributed by atoms with E-state index in [2.05, 4.69) is 4.74 Å². The number of rotatable bonds is 1. The van der Waals surface area contributed by atoms with Gasteiger partial charge in [0.05, 0.1) is 6.61 Å². The summed E-state index contributed by atoms with van der Waals surface area (Å²) >= 11 is 0. The predicted octanol–water partition coefficient (Wildman–Crippen LogP) is 3.14. The zero-order valence-corrected chi connectivity index (χ0v) is 7.63. The molecule has 1 nitrogen and oxygen atoms in total. The lowest BCUT2D eigenvalue weighted by Gasteiger charge is -2.35. The predicted molar refractivity (Wildman–Crippen MR) is 39.2 cm³/mol. The van der Waals surface area contributed by atoms with Crippen molar-refractivity contribution in [1.82, 2.24) is 0 Å². The Morgan fingerprint density at radius 1 is 1.14 bits per heavy atom. The highest BCUT2D eigenvalue weighted by Crippen LogP contribution is 2.50. The van der Waals surface area contributed by atoms with Crippen LogP contribution in [0.2, 0.25) is 0 Å². The van der Waals surface area contributed by atoms with Gasteiger partial charge in [0.1, 0.15) is 0 Å². The molecule has 0 bridgehead atoms. The Labute approximate surface area is 78.2 Å². The fourth-order valence-electron chi connectivity index (χ4n) is 1.48. The third-order valence-corrected chi connectivity index (χ3v) is 2.45. The van der Waals surface area contributed by atoms with Crippen molar-refractivity contribution in [3.05, 3.63) is 0 Å². The van der Waals surface area contributed by atoms with E-state index in [4.69, 9.17) is 0 Å². The van der Waals surface area contributed by atoms with Gasteiger partial charge >= 0.3 is 6.11 Å². The van der Waals surface area contributed by atoms with Crippen molar-refractivity contribution in [2.24, 2.45) is 0 Å². The Morgan fingerprint density at radius 3 is 2.21 bits per heavy atom. The van der Waals surface area contributed by atoms with E-state index in [9.17, 15) is 22.0 Å². The highest BCUT2D eigenvalue weighted by molar-refractivity contribution is 5.00. The quantitative estimate of drug-likeness (QED) is 0.614. The minimum absolute atomic E-state index is 0.270. The average Bonchev–Trinajstić information content (AvgIpc) is 2.16. The number of hydrogen-bond donors (Lipinski definition) is 0. The third kappa shape index (κ3) is 1.49. The second-order valence-corrected chi connectivity index (χ2v) is 3.33. The topological polar surface area (TPSA) is 9.23 Å². The van der Waals surface area contributed by atoms with Gasteiger partial charge in [-0.15, -0.1) is 0 Å². The van der Waals surface area contributed by atoms with Gasteiger partial charge in [0, 0.05) is 6.42 Å². The lowest BCUT2D eigenvalue weighted by molar-refractivity contribution is -0.345. The molecule has 0 amide bonds. The van der Waals surface area contributed by atoms with Gasteiger partial charge in [0.15, 0.2) is 0 Å². The van der Waals surface area contributed by atoms with Crippen LogP contribution in [-0.2, 0) is 4.74 Å². The van der Waals surface area contributed by atoms with Crippen molar-refractivity contribution in [3.63, 3.8) is 0 Å². The molecule has 1 aliphatic heterocycles. The Kier molecular flexibility index (Phi) is 2.77. The van der Waals surface area contributed by atoms with Crippen molar-refractivity contribution in [2.45, 2.75) is 43.9 Å². The molecule has 0 aliphatic carbocycles. The van der Waals surface area contributed by atoms with Gasteiger partial charge in [-0.1, -0.05) is 6.92 Å². The molecule has 0 spiro atoms. The molecule has 84 valence electrons. The molecule has 1 atom stereocenters. The number of alkyl halides is 5. The van der Waals surface area contributed by atoms with E-state index >= 15 is 0 Å². The largest absolute Gasteiger partial charge is 0.395 e. The molecule has 1 heterocycles. The van der Waals surface area contributed by atoms with E-state index in [-0.39, 0.29) is 6.42 Å². The van der Waals surface area contributed by atoms with E-state index in [0.29, 0.717) is 0 Å². The summed E-state index contributed by atoms with van der Waals surface area (Å²) in [4.78, 5) is 0. The molecule has 6 heteroatoms. The van der Waals surface area contributed by atoms with Crippen molar-refractivity contribution in [1.29, 1.82) is 0 Å². The van der Waals surface area contributed by atoms with E-state index < -0.39 is 37.1 Å². The van der Waals surface area contributed by atoms with Crippen LogP contribution in [-0.4, -0.2) is 24.3 Å². The first kappa shape index (κ1) is 11.7. The van der Waals surface area contributed by atoms with Gasteiger partial charge in [0.2, 0.25) is 0 Å². The maximum Gasteiger partial charge on any atom is 0.395 e. The molecule has 1 rings (SSSR count). The first-order valence-corrected chi connectivity index (χ1v) is 4.35. The summed E-state index contributed by atoms with van der Waals surface area (Å²) in [5.41, 5.74) is -3.89. The number of halogens is 5. The second-order valence-electron chi connectivity index (χ2n) is 3.33. The smallest absolute Gasteiger partial charge is 0.318 e. The zero-order valence-electron chi connectivity index (χ0n) is 7.63. The van der Waals surface area contributed by atoms with Crippen molar-refractivity contribution in [2.75, 3.05) is 6.61 Å². The minimum Gasteiger partial charge on any atom is -0.318 e. The standard InChI is InChI=1S/C8H11F5O/c1-2-6(9)7(10,11)4-3-5-14-8(6,12)13/h2-5H2,1H3. The van der Waals surface area contributed by atoms with Crippen LogP contribution >= 0.6 is 0 Å². The summed E-state index contributed by atoms with van der Waals surface area (Å²) in [6.45, 7) is 0.408. The molecular weight excluding hydrogens is 207 g/mol. The first-order chi connectivity index (χ1) is 6.27. The third-order valence-electron chi connectivity index (χ3n) is 2.45. The number of hydrogen-bond acceptors (Lipinski definition) is 1. The normalized spacial score (nSPS) is 36.4. The van der Waals surface area contributed by atoms with Crippen LogP contribution in [0.15, 0.2) is 0 Å². The van der Waals surface area contributed by atoms with Crippen molar-refractivity contribution in [3.8, 4) is 0 Å². The maximum absolute atomic E-state index is 13.5. The van der Waals surface area contributed by atoms with Gasteiger partial charge in [-0.3, -0.25) is 0 Å². The van der Waals surface area contributed by atoms with E-state index in [1.54, 1.807) is 0 Å². The van der Waals surface area contributed by atoms with Crippen LogP contribution in [0.4, 0.5) is 22.0 Å². The first-order valence-electron chi connectivity index (χ1n) is 4.35. The summed E-state index contributed by atoms with van der Waals surface area (Å²) in [6, 6.07) is 0. The van der Waals surface area contributed by atoms with Crippen LogP contribution in [0.25, 0.3) is 0 Å². The van der Waals surface area contributed by atoms with Crippen LogP contribution < -0.4 is 0 Å². The van der Waals surface area contributed by atoms with Gasteiger partial charge in [-0.2, -0.15) is 8.78 Å². The highest BCUT2D eigenvalue weighted by Gasteiger charge is 2.70. The molecule has 14 heavy (non-hydrogen) atoms. The van der Waals surface area contributed by atoms with Crippen LogP contribution in [0.3, 0.4) is 0 Å². The monoisotopic (exact) mass is 218 g/mol. The van der Waals surface area contributed by atoms with Gasteiger partial charge in [0.25, 0.3) is 11.6 Å². The molecule has 0 saturated carbocycles. The fraction of sp³-hybridized carbons (Fsp3) is 1.00. The summed E-state index contributed by atoms with van der Waals surface area (Å²) in [5.74, 6) is -4.04. The zero-order chi connectivity index (χ0) is 11.0. The van der Waals surface area contributed by atoms with Crippen LogP contribution in [0, 0.1) is 0 Å². The molecule has 1 fully saturated rings. The Bertz CT molecular complexity index is 198. The summed E-state index contributed by atoms with van der Waals surface area (Å²) in [7, 11) is 0. The van der Waals surface area contributed by atoms with E-state index in [0.717, 1.165) is 6.92 Å². The summed E-state index contributed by atoms with van der Waals surface area (Å²) in [6.07, 6.45) is -6.57. The van der Waals surface area contributed by atoms with Crippen LogP contribution in [0.1, 0.15) is 26.2 Å². The Balaban J connectivity index is 3.10. The SMILES string of the molecule is CCC1(F)C(F)(F)CCCOC1(F)F. The molecule has 0 aromatic heterocycles. The molecule has 1 aliphatic rings. The fourth-order valence-corrected chi connectivity index (χ4v) is 1.48. The van der Waals surface area contributed by atoms with Gasteiger partial charge in [-0.25, -0.2) is 13.2 Å². The molecule has 1 saturated heterocycles. The number of ether oxygens (including phenoxy) is 1. The molecule has 0 aromatic rings. The van der Waals surface area contributed by atoms with Gasteiger partial charge in [-0.05, 0) is 12.8 Å². The van der Waals surface area contributed by atoms with Crippen molar-refractivity contribution >= 4 is 0 Å². The highest BCUT2D eigenvalue weighted by atomic mass is 19.3. The molecule has 1 unspecified atom stereocenters. The van der Waals surface area contributed by atoms with Gasteiger partial charge < -0.3 is 4.74 Å². The van der Waals surface area contributed by atoms with Crippen molar-refractivity contribution < 1.29 is 26.7 Å². The summed E-state index contributed by atoms with van der Waals surface area (Å²) < 4.78 is 69.3. The lowest BCUT2D eigenvalue weighted by atomic mass is 9.91.